The Hall–Kier alpha value is -0.140. The van der Waals surface area contributed by atoms with Crippen molar-refractivity contribution in [3.63, 3.8) is 0 Å². The number of halogens is 1. The first-order valence-electron chi connectivity index (χ1n) is 7.65. The van der Waals surface area contributed by atoms with Crippen molar-refractivity contribution in [3.8, 4) is 0 Å². The van der Waals surface area contributed by atoms with Crippen LogP contribution in [-0.4, -0.2) is 10.6 Å². The third-order valence-corrected chi connectivity index (χ3v) is 6.77. The molecule has 1 aliphatic carbocycles. The van der Waals surface area contributed by atoms with Crippen molar-refractivity contribution in [1.82, 2.24) is 0 Å². The summed E-state index contributed by atoms with van der Waals surface area (Å²) in [5.41, 5.74) is 1.55. The van der Waals surface area contributed by atoms with Crippen molar-refractivity contribution in [1.29, 1.82) is 0 Å². The SMILES string of the molecule is CCC1CCC(Cl)C(CC2Cc3ccccc3S2)C1. The topological polar surface area (TPSA) is 0 Å². The van der Waals surface area contributed by atoms with Gasteiger partial charge in [0.2, 0.25) is 0 Å². The van der Waals surface area contributed by atoms with Gasteiger partial charge < -0.3 is 0 Å². The Morgan fingerprint density at radius 1 is 1.26 bits per heavy atom. The van der Waals surface area contributed by atoms with Crippen molar-refractivity contribution in [2.24, 2.45) is 11.8 Å². The van der Waals surface area contributed by atoms with E-state index in [1.807, 2.05) is 0 Å². The van der Waals surface area contributed by atoms with Crippen molar-refractivity contribution in [3.05, 3.63) is 29.8 Å². The molecule has 1 fully saturated rings. The number of hydrogen-bond acceptors (Lipinski definition) is 1. The Labute approximate surface area is 126 Å². The number of benzene rings is 1. The van der Waals surface area contributed by atoms with E-state index in [2.05, 4.69) is 43.0 Å². The molecule has 3 rings (SSSR count). The molecule has 1 aliphatic heterocycles. The maximum absolute atomic E-state index is 6.59. The van der Waals surface area contributed by atoms with Crippen LogP contribution in [0.1, 0.15) is 44.6 Å². The van der Waals surface area contributed by atoms with Crippen LogP contribution in [0.3, 0.4) is 0 Å². The highest BCUT2D eigenvalue weighted by molar-refractivity contribution is 8.00. The van der Waals surface area contributed by atoms with Crippen LogP contribution in [0.15, 0.2) is 29.2 Å². The lowest BCUT2D eigenvalue weighted by Gasteiger charge is -2.33. The normalized spacial score (nSPS) is 34.2. The summed E-state index contributed by atoms with van der Waals surface area (Å²) in [6, 6.07) is 8.89. The maximum atomic E-state index is 6.59. The Kier molecular flexibility index (Phi) is 4.44. The highest BCUT2D eigenvalue weighted by Gasteiger charge is 2.32. The van der Waals surface area contributed by atoms with E-state index in [-0.39, 0.29) is 0 Å². The minimum absolute atomic E-state index is 0.423. The average Bonchev–Trinajstić information content (AvgIpc) is 2.83. The standard InChI is InChI=1S/C17H23ClS/c1-2-12-7-8-16(18)14(9-12)11-15-10-13-5-3-4-6-17(13)19-15/h3-6,12,14-16H,2,7-11H2,1H3. The lowest BCUT2D eigenvalue weighted by atomic mass is 9.77. The van der Waals surface area contributed by atoms with Crippen LogP contribution in [0.4, 0.5) is 0 Å². The van der Waals surface area contributed by atoms with Crippen molar-refractivity contribution < 1.29 is 0 Å². The summed E-state index contributed by atoms with van der Waals surface area (Å²) in [5, 5.41) is 1.19. The van der Waals surface area contributed by atoms with Gasteiger partial charge in [-0.25, -0.2) is 0 Å². The van der Waals surface area contributed by atoms with E-state index in [4.69, 9.17) is 11.6 Å². The Balaban J connectivity index is 1.60. The highest BCUT2D eigenvalue weighted by atomic mass is 35.5. The van der Waals surface area contributed by atoms with Gasteiger partial charge in [0.05, 0.1) is 0 Å². The molecule has 0 nitrogen and oxygen atoms in total. The quantitative estimate of drug-likeness (QED) is 0.661. The molecule has 2 aliphatic rings. The first kappa shape index (κ1) is 13.8. The Morgan fingerprint density at radius 2 is 2.11 bits per heavy atom. The van der Waals surface area contributed by atoms with E-state index in [9.17, 15) is 0 Å². The second kappa shape index (κ2) is 6.10. The molecule has 1 aromatic rings. The molecular weight excluding hydrogens is 272 g/mol. The van der Waals surface area contributed by atoms with E-state index in [0.29, 0.717) is 5.38 Å². The lowest BCUT2D eigenvalue weighted by molar-refractivity contribution is 0.254. The first-order chi connectivity index (χ1) is 9.26. The number of hydrogen-bond donors (Lipinski definition) is 0. The Morgan fingerprint density at radius 3 is 2.89 bits per heavy atom. The molecule has 2 heteroatoms. The lowest BCUT2D eigenvalue weighted by Crippen LogP contribution is -2.27. The van der Waals surface area contributed by atoms with Gasteiger partial charge in [-0.3, -0.25) is 0 Å². The van der Waals surface area contributed by atoms with E-state index in [1.54, 1.807) is 5.56 Å². The van der Waals surface area contributed by atoms with Gasteiger partial charge >= 0.3 is 0 Å². The van der Waals surface area contributed by atoms with Gasteiger partial charge in [-0.1, -0.05) is 31.5 Å². The van der Waals surface area contributed by atoms with E-state index < -0.39 is 0 Å². The zero-order valence-electron chi connectivity index (χ0n) is 11.6. The zero-order chi connectivity index (χ0) is 13.2. The van der Waals surface area contributed by atoms with Crippen LogP contribution in [-0.2, 0) is 6.42 Å². The molecule has 1 saturated carbocycles. The summed E-state index contributed by atoms with van der Waals surface area (Å²) >= 11 is 8.67. The number of rotatable bonds is 3. The first-order valence-corrected chi connectivity index (χ1v) is 8.96. The number of fused-ring (bicyclic) bond motifs is 1. The molecule has 1 aromatic carbocycles. The molecule has 4 atom stereocenters. The van der Waals surface area contributed by atoms with Gasteiger partial charge in [-0.15, -0.1) is 23.4 Å². The highest BCUT2D eigenvalue weighted by Crippen LogP contribution is 2.44. The van der Waals surface area contributed by atoms with Crippen LogP contribution in [0, 0.1) is 11.8 Å². The fourth-order valence-electron chi connectivity index (χ4n) is 3.66. The van der Waals surface area contributed by atoms with Gasteiger partial charge in [0.25, 0.3) is 0 Å². The van der Waals surface area contributed by atoms with Gasteiger partial charge in [-0.05, 0) is 55.6 Å². The van der Waals surface area contributed by atoms with Gasteiger partial charge in [0.1, 0.15) is 0 Å². The minimum atomic E-state index is 0.423. The maximum Gasteiger partial charge on any atom is 0.0364 e. The third-order valence-electron chi connectivity index (χ3n) is 4.86. The Bertz CT molecular complexity index is 406. The third kappa shape index (κ3) is 3.13. The molecule has 0 radical (unpaired) electrons. The molecule has 0 N–H and O–H groups in total. The van der Waals surface area contributed by atoms with E-state index in [1.165, 1.54) is 43.4 Å². The van der Waals surface area contributed by atoms with Crippen LogP contribution in [0.2, 0.25) is 0 Å². The number of alkyl halides is 1. The summed E-state index contributed by atoms with van der Waals surface area (Å²) in [7, 11) is 0. The van der Waals surface area contributed by atoms with Gasteiger partial charge in [-0.2, -0.15) is 0 Å². The van der Waals surface area contributed by atoms with E-state index in [0.717, 1.165) is 17.1 Å². The molecular formula is C17H23ClS. The van der Waals surface area contributed by atoms with Gasteiger partial charge in [0, 0.05) is 15.5 Å². The monoisotopic (exact) mass is 294 g/mol. The molecule has 0 aromatic heterocycles. The summed E-state index contributed by atoms with van der Waals surface area (Å²) < 4.78 is 0. The largest absolute Gasteiger partial charge is 0.123 e. The van der Waals surface area contributed by atoms with Crippen LogP contribution < -0.4 is 0 Å². The van der Waals surface area contributed by atoms with Crippen molar-refractivity contribution >= 4 is 23.4 Å². The van der Waals surface area contributed by atoms with E-state index >= 15 is 0 Å². The summed E-state index contributed by atoms with van der Waals surface area (Å²) in [6.45, 7) is 2.33. The minimum Gasteiger partial charge on any atom is -0.123 e. The van der Waals surface area contributed by atoms with Crippen molar-refractivity contribution in [2.45, 2.75) is 61.0 Å². The van der Waals surface area contributed by atoms with Crippen molar-refractivity contribution in [2.75, 3.05) is 0 Å². The zero-order valence-corrected chi connectivity index (χ0v) is 13.2. The second-order valence-corrected chi connectivity index (χ2v) is 8.05. The summed E-state index contributed by atoms with van der Waals surface area (Å²) in [4.78, 5) is 1.50. The summed E-state index contributed by atoms with van der Waals surface area (Å²) in [5.74, 6) is 1.67. The van der Waals surface area contributed by atoms with Gasteiger partial charge in [0.15, 0.2) is 0 Å². The molecule has 1 heterocycles. The molecule has 104 valence electrons. The predicted octanol–water partition coefficient (Wildman–Crippen LogP) is 5.53. The van der Waals surface area contributed by atoms with Crippen LogP contribution in [0.5, 0.6) is 0 Å². The predicted molar refractivity (Wildman–Crippen MR) is 85.2 cm³/mol. The molecule has 0 bridgehead atoms. The second-order valence-electron chi connectivity index (χ2n) is 6.15. The summed E-state index contributed by atoms with van der Waals surface area (Å²) in [6.07, 6.45) is 7.83. The van der Waals surface area contributed by atoms with Crippen LogP contribution in [0.25, 0.3) is 0 Å². The molecule has 4 unspecified atom stereocenters. The molecule has 0 saturated heterocycles. The molecule has 19 heavy (non-hydrogen) atoms. The average molecular weight is 295 g/mol. The smallest absolute Gasteiger partial charge is 0.0364 e. The molecule has 0 spiro atoms. The molecule has 0 amide bonds. The van der Waals surface area contributed by atoms with Crippen LogP contribution >= 0.6 is 23.4 Å². The fourth-order valence-corrected chi connectivity index (χ4v) is 5.42. The number of thioether (sulfide) groups is 1. The fraction of sp³-hybridized carbons (Fsp3) is 0.647.